The van der Waals surface area contributed by atoms with Crippen molar-refractivity contribution < 1.29 is 14.3 Å². The number of hydrogen-bond acceptors (Lipinski definition) is 4. The topological polar surface area (TPSA) is 50.8 Å². The third-order valence-electron chi connectivity index (χ3n) is 4.97. The fraction of sp³-hybridized carbons (Fsp3) is 0.273. The second-order valence-corrected chi connectivity index (χ2v) is 7.15. The van der Waals surface area contributed by atoms with Crippen molar-refractivity contribution in [3.8, 4) is 5.75 Å². The first-order chi connectivity index (χ1) is 13.4. The Hall–Kier alpha value is -2.86. The number of methoxy groups -OCH3 is 2. The molecule has 0 aromatic heterocycles. The second-order valence-electron chi connectivity index (χ2n) is 6.77. The van der Waals surface area contributed by atoms with E-state index in [4.69, 9.17) is 21.7 Å². The van der Waals surface area contributed by atoms with E-state index >= 15 is 0 Å². The van der Waals surface area contributed by atoms with E-state index < -0.39 is 0 Å². The van der Waals surface area contributed by atoms with Crippen molar-refractivity contribution in [1.29, 1.82) is 0 Å². The van der Waals surface area contributed by atoms with Crippen LogP contribution in [0.5, 0.6) is 5.75 Å². The largest absolute Gasteiger partial charge is 0.497 e. The van der Waals surface area contributed by atoms with E-state index in [9.17, 15) is 4.79 Å². The molecule has 0 radical (unpaired) electrons. The number of aryl methyl sites for hydroxylation is 2. The Bertz CT molecular complexity index is 951. The number of hydrogen-bond donors (Lipinski definition) is 1. The Morgan fingerprint density at radius 2 is 1.75 bits per heavy atom. The van der Waals surface area contributed by atoms with Crippen molar-refractivity contribution in [3.05, 3.63) is 70.4 Å². The van der Waals surface area contributed by atoms with Crippen molar-refractivity contribution in [2.75, 3.05) is 19.1 Å². The first-order valence-corrected chi connectivity index (χ1v) is 9.39. The van der Waals surface area contributed by atoms with Crippen LogP contribution in [0.15, 0.2) is 53.7 Å². The van der Waals surface area contributed by atoms with Gasteiger partial charge >= 0.3 is 5.97 Å². The zero-order valence-corrected chi connectivity index (χ0v) is 17.5. The van der Waals surface area contributed by atoms with E-state index in [0.29, 0.717) is 10.7 Å². The van der Waals surface area contributed by atoms with Crippen LogP contribution in [0.25, 0.3) is 0 Å². The highest BCUT2D eigenvalue weighted by atomic mass is 32.1. The molecule has 3 rings (SSSR count). The molecule has 6 heteroatoms. The number of ether oxygens (including phenoxy) is 2. The molecule has 0 bridgehead atoms. The van der Waals surface area contributed by atoms with E-state index in [1.165, 1.54) is 7.11 Å². The van der Waals surface area contributed by atoms with Gasteiger partial charge < -0.3 is 14.8 Å². The van der Waals surface area contributed by atoms with Gasteiger partial charge in [0.2, 0.25) is 0 Å². The van der Waals surface area contributed by atoms with E-state index in [1.54, 1.807) is 7.11 Å². The molecule has 1 N–H and O–H groups in total. The van der Waals surface area contributed by atoms with Gasteiger partial charge in [0.15, 0.2) is 5.11 Å². The average Bonchev–Trinajstić information content (AvgIpc) is 2.69. The van der Waals surface area contributed by atoms with Gasteiger partial charge in [-0.15, -0.1) is 0 Å². The number of rotatable bonds is 4. The summed E-state index contributed by atoms with van der Waals surface area (Å²) in [5, 5.41) is 3.87. The van der Waals surface area contributed by atoms with E-state index in [-0.39, 0.29) is 12.0 Å². The highest BCUT2D eigenvalue weighted by molar-refractivity contribution is 7.80. The number of benzene rings is 2. The molecule has 0 saturated heterocycles. The number of carbonyl (C=O) groups excluding carboxylic acids is 1. The molecule has 0 saturated carbocycles. The molecule has 146 valence electrons. The molecule has 0 aliphatic carbocycles. The maximum absolute atomic E-state index is 12.7. The maximum atomic E-state index is 12.7. The second kappa shape index (κ2) is 8.02. The number of esters is 1. The summed E-state index contributed by atoms with van der Waals surface area (Å²) in [6, 6.07) is 13.4. The van der Waals surface area contributed by atoms with Crippen LogP contribution in [0.3, 0.4) is 0 Å². The molecule has 0 amide bonds. The predicted molar refractivity (Wildman–Crippen MR) is 115 cm³/mol. The van der Waals surface area contributed by atoms with Crippen molar-refractivity contribution in [2.45, 2.75) is 26.8 Å². The molecule has 1 aliphatic heterocycles. The van der Waals surface area contributed by atoms with Crippen LogP contribution in [-0.4, -0.2) is 25.3 Å². The van der Waals surface area contributed by atoms with Gasteiger partial charge in [-0.25, -0.2) is 4.79 Å². The van der Waals surface area contributed by atoms with Gasteiger partial charge in [0.1, 0.15) is 5.75 Å². The lowest BCUT2D eigenvalue weighted by Gasteiger charge is -2.38. The van der Waals surface area contributed by atoms with E-state index in [1.807, 2.05) is 49.9 Å². The molecule has 2 aromatic rings. The number of nitrogens with zero attached hydrogens (tertiary/aromatic N) is 1. The SMILES string of the molecule is COC(=O)C1=C(C)N(c2ccc(OC)cc2)C(=S)N[C@@H]1c1cc(C)ccc1C. The highest BCUT2D eigenvalue weighted by Gasteiger charge is 2.35. The molecule has 28 heavy (non-hydrogen) atoms. The quantitative estimate of drug-likeness (QED) is 0.618. The first-order valence-electron chi connectivity index (χ1n) is 8.98. The Morgan fingerprint density at radius 3 is 2.36 bits per heavy atom. The van der Waals surface area contributed by atoms with Crippen LogP contribution >= 0.6 is 12.2 Å². The molecule has 0 spiro atoms. The number of thiocarbonyl (C=S) groups is 1. The van der Waals surface area contributed by atoms with Crippen LogP contribution in [-0.2, 0) is 9.53 Å². The van der Waals surface area contributed by atoms with Gasteiger partial charge in [0.05, 0.1) is 25.8 Å². The normalized spacial score (nSPS) is 16.7. The van der Waals surface area contributed by atoms with E-state index in [0.717, 1.165) is 33.8 Å². The minimum absolute atomic E-state index is 0.366. The molecular formula is C22H24N2O3S. The molecule has 5 nitrogen and oxygen atoms in total. The third kappa shape index (κ3) is 3.60. The molecule has 2 aromatic carbocycles. The van der Waals surface area contributed by atoms with Crippen LogP contribution < -0.4 is 15.0 Å². The van der Waals surface area contributed by atoms with Gasteiger partial charge in [0, 0.05) is 11.4 Å². The monoisotopic (exact) mass is 396 g/mol. The van der Waals surface area contributed by atoms with Gasteiger partial charge in [0.25, 0.3) is 0 Å². The molecule has 1 heterocycles. The zero-order valence-electron chi connectivity index (χ0n) is 16.7. The summed E-state index contributed by atoms with van der Waals surface area (Å²) in [6.07, 6.45) is 0. The third-order valence-corrected chi connectivity index (χ3v) is 5.27. The fourth-order valence-corrected chi connectivity index (χ4v) is 3.82. The predicted octanol–water partition coefficient (Wildman–Crippen LogP) is 4.19. The summed E-state index contributed by atoms with van der Waals surface area (Å²) >= 11 is 5.67. The molecule has 1 aliphatic rings. The van der Waals surface area contributed by atoms with Crippen molar-refractivity contribution >= 4 is 29.0 Å². The summed E-state index contributed by atoms with van der Waals surface area (Å²) in [4.78, 5) is 14.6. The number of anilines is 1. The summed E-state index contributed by atoms with van der Waals surface area (Å²) in [7, 11) is 3.02. The van der Waals surface area contributed by atoms with Gasteiger partial charge in [-0.05, 0) is 68.4 Å². The van der Waals surface area contributed by atoms with Crippen molar-refractivity contribution in [1.82, 2.24) is 5.32 Å². The van der Waals surface area contributed by atoms with E-state index in [2.05, 4.69) is 23.5 Å². The van der Waals surface area contributed by atoms with Crippen LogP contribution in [0.1, 0.15) is 29.7 Å². The van der Waals surface area contributed by atoms with Crippen LogP contribution in [0, 0.1) is 13.8 Å². The van der Waals surface area contributed by atoms with Gasteiger partial charge in [-0.3, -0.25) is 4.90 Å². The smallest absolute Gasteiger partial charge is 0.337 e. The Morgan fingerprint density at radius 1 is 1.07 bits per heavy atom. The van der Waals surface area contributed by atoms with Crippen LogP contribution in [0.2, 0.25) is 0 Å². The number of allylic oxidation sites excluding steroid dienone is 1. The lowest BCUT2D eigenvalue weighted by atomic mass is 9.91. The van der Waals surface area contributed by atoms with Crippen molar-refractivity contribution in [2.24, 2.45) is 0 Å². The van der Waals surface area contributed by atoms with Crippen LogP contribution in [0.4, 0.5) is 5.69 Å². The summed E-state index contributed by atoms with van der Waals surface area (Å²) in [5.41, 5.74) is 5.34. The lowest BCUT2D eigenvalue weighted by Crippen LogP contribution is -2.48. The number of nitrogens with one attached hydrogen (secondary N) is 1. The van der Waals surface area contributed by atoms with Gasteiger partial charge in [-0.1, -0.05) is 23.8 Å². The fourth-order valence-electron chi connectivity index (χ4n) is 3.46. The Labute approximate surface area is 170 Å². The molecular weight excluding hydrogens is 372 g/mol. The molecule has 0 fully saturated rings. The lowest BCUT2D eigenvalue weighted by molar-refractivity contribution is -0.136. The first kappa shape index (κ1) is 19.9. The summed E-state index contributed by atoms with van der Waals surface area (Å²) < 4.78 is 10.3. The minimum Gasteiger partial charge on any atom is -0.497 e. The maximum Gasteiger partial charge on any atom is 0.337 e. The summed E-state index contributed by atoms with van der Waals surface area (Å²) in [6.45, 7) is 5.95. The Kier molecular flexibility index (Phi) is 5.70. The Balaban J connectivity index is 2.14. The van der Waals surface area contributed by atoms with Crippen molar-refractivity contribution in [3.63, 3.8) is 0 Å². The molecule has 1 atom stereocenters. The minimum atomic E-state index is -0.378. The van der Waals surface area contributed by atoms with Gasteiger partial charge in [-0.2, -0.15) is 0 Å². The standard InChI is InChI=1S/C22H24N2O3S/c1-13-6-7-14(2)18(12-13)20-19(21(25)27-5)15(3)24(22(28)23-20)16-8-10-17(26-4)11-9-16/h6-12,20H,1-5H3,(H,23,28)/t20-/m1/s1. The highest BCUT2D eigenvalue weighted by Crippen LogP contribution is 2.36. The summed E-state index contributed by atoms with van der Waals surface area (Å²) in [5.74, 6) is 0.375. The zero-order chi connectivity index (χ0) is 20.4. The molecule has 0 unspecified atom stereocenters. The average molecular weight is 397 g/mol. The number of carbonyl (C=O) groups is 1.